The number of aromatic nitrogens is 2. The molecule has 0 amide bonds. The Morgan fingerprint density at radius 3 is 3.06 bits per heavy atom. The quantitative estimate of drug-likeness (QED) is 0.898. The summed E-state index contributed by atoms with van der Waals surface area (Å²) in [6, 6.07) is 5.75. The number of hydrogen-bond acceptors (Lipinski definition) is 5. The Hall–Kier alpha value is -1.93. The van der Waals surface area contributed by atoms with Crippen molar-refractivity contribution in [3.63, 3.8) is 0 Å². The lowest BCUT2D eigenvalue weighted by Crippen LogP contribution is -2.10. The second-order valence-electron chi connectivity index (χ2n) is 3.66. The average Bonchev–Trinajstić information content (AvgIpc) is 2.90. The molecule has 0 radical (unpaired) electrons. The van der Waals surface area contributed by atoms with E-state index in [-0.39, 0.29) is 0 Å². The van der Waals surface area contributed by atoms with Crippen LogP contribution in [0.15, 0.2) is 29.9 Å². The third-order valence-corrected chi connectivity index (χ3v) is 3.39. The van der Waals surface area contributed by atoms with E-state index in [0.29, 0.717) is 11.6 Å². The molecule has 0 aliphatic heterocycles. The van der Waals surface area contributed by atoms with Gasteiger partial charge in [0, 0.05) is 30.2 Å². The van der Waals surface area contributed by atoms with E-state index in [1.807, 2.05) is 17.5 Å². The van der Waals surface area contributed by atoms with E-state index in [0.717, 1.165) is 17.2 Å². The number of rotatable bonds is 4. The van der Waals surface area contributed by atoms with Crippen LogP contribution in [0.1, 0.15) is 23.5 Å². The summed E-state index contributed by atoms with van der Waals surface area (Å²) in [5.41, 5.74) is 1.21. The SMILES string of the molecule is CC(CNc1cccnc1C#N)c1nccs1. The Balaban J connectivity index is 2.01. The van der Waals surface area contributed by atoms with Gasteiger partial charge in [-0.05, 0) is 12.1 Å². The van der Waals surface area contributed by atoms with Crippen LogP contribution in [-0.2, 0) is 0 Å². The molecule has 1 unspecified atom stereocenters. The van der Waals surface area contributed by atoms with Gasteiger partial charge in [-0.1, -0.05) is 6.92 Å². The molecule has 86 valence electrons. The minimum absolute atomic E-state index is 0.321. The van der Waals surface area contributed by atoms with E-state index in [2.05, 4.69) is 28.3 Å². The lowest BCUT2D eigenvalue weighted by Gasteiger charge is -2.11. The lowest BCUT2D eigenvalue weighted by atomic mass is 10.2. The van der Waals surface area contributed by atoms with Gasteiger partial charge in [0.15, 0.2) is 5.69 Å². The first-order valence-corrected chi connectivity index (χ1v) is 6.17. The molecule has 0 aliphatic carbocycles. The molecule has 2 aromatic heterocycles. The summed E-state index contributed by atoms with van der Waals surface area (Å²) in [7, 11) is 0. The second kappa shape index (κ2) is 5.41. The smallest absolute Gasteiger partial charge is 0.163 e. The highest BCUT2D eigenvalue weighted by Crippen LogP contribution is 2.19. The van der Waals surface area contributed by atoms with Crippen LogP contribution in [0.3, 0.4) is 0 Å². The Bertz CT molecular complexity index is 516. The van der Waals surface area contributed by atoms with E-state index >= 15 is 0 Å². The maximum Gasteiger partial charge on any atom is 0.163 e. The first-order chi connectivity index (χ1) is 8.31. The molecule has 5 heteroatoms. The number of pyridine rings is 1. The van der Waals surface area contributed by atoms with Crippen molar-refractivity contribution in [2.45, 2.75) is 12.8 Å². The van der Waals surface area contributed by atoms with Gasteiger partial charge >= 0.3 is 0 Å². The van der Waals surface area contributed by atoms with Crippen molar-refractivity contribution < 1.29 is 0 Å². The van der Waals surface area contributed by atoms with Gasteiger partial charge in [0.25, 0.3) is 0 Å². The average molecular weight is 244 g/mol. The summed E-state index contributed by atoms with van der Waals surface area (Å²) in [5.74, 6) is 0.321. The highest BCUT2D eigenvalue weighted by Gasteiger charge is 2.09. The predicted molar refractivity (Wildman–Crippen MR) is 68.0 cm³/mol. The van der Waals surface area contributed by atoms with Crippen molar-refractivity contribution in [1.29, 1.82) is 5.26 Å². The standard InChI is InChI=1S/C12H12N4S/c1-9(12-15-5-6-17-12)8-16-10-3-2-4-14-11(10)7-13/h2-6,9,16H,8H2,1H3. The van der Waals surface area contributed by atoms with Crippen LogP contribution in [0.4, 0.5) is 5.69 Å². The van der Waals surface area contributed by atoms with Crippen molar-refractivity contribution in [1.82, 2.24) is 9.97 Å². The first-order valence-electron chi connectivity index (χ1n) is 5.29. The number of thiazole rings is 1. The molecule has 0 aromatic carbocycles. The van der Waals surface area contributed by atoms with Gasteiger partial charge in [0.1, 0.15) is 6.07 Å². The summed E-state index contributed by atoms with van der Waals surface area (Å²) in [4.78, 5) is 8.27. The number of nitrogens with one attached hydrogen (secondary N) is 1. The van der Waals surface area contributed by atoms with Gasteiger partial charge in [-0.3, -0.25) is 0 Å². The van der Waals surface area contributed by atoms with Gasteiger partial charge in [-0.2, -0.15) is 5.26 Å². The van der Waals surface area contributed by atoms with Crippen LogP contribution >= 0.6 is 11.3 Å². The highest BCUT2D eigenvalue weighted by molar-refractivity contribution is 7.09. The lowest BCUT2D eigenvalue weighted by molar-refractivity contribution is 0.794. The van der Waals surface area contributed by atoms with Crippen molar-refractivity contribution in [2.24, 2.45) is 0 Å². The van der Waals surface area contributed by atoms with Crippen LogP contribution in [0.2, 0.25) is 0 Å². The molecule has 0 saturated heterocycles. The molecule has 2 heterocycles. The van der Waals surface area contributed by atoms with Gasteiger partial charge < -0.3 is 5.32 Å². The largest absolute Gasteiger partial charge is 0.382 e. The molecule has 0 saturated carbocycles. The molecule has 0 bridgehead atoms. The van der Waals surface area contributed by atoms with Crippen LogP contribution in [0.25, 0.3) is 0 Å². The molecule has 0 aliphatic rings. The summed E-state index contributed by atoms with van der Waals surface area (Å²) in [5, 5.41) is 15.2. The maximum absolute atomic E-state index is 8.90. The van der Waals surface area contributed by atoms with Crippen LogP contribution in [0.5, 0.6) is 0 Å². The normalized spacial score (nSPS) is 11.8. The fourth-order valence-corrected chi connectivity index (χ4v) is 2.16. The molecule has 2 aromatic rings. The fourth-order valence-electron chi connectivity index (χ4n) is 1.47. The Morgan fingerprint density at radius 2 is 2.35 bits per heavy atom. The fraction of sp³-hybridized carbons (Fsp3) is 0.250. The highest BCUT2D eigenvalue weighted by atomic mass is 32.1. The Morgan fingerprint density at radius 1 is 1.47 bits per heavy atom. The van der Waals surface area contributed by atoms with Crippen molar-refractivity contribution >= 4 is 17.0 Å². The molecule has 1 atom stereocenters. The molecule has 0 spiro atoms. The zero-order chi connectivity index (χ0) is 12.1. The van der Waals surface area contributed by atoms with E-state index in [9.17, 15) is 0 Å². The second-order valence-corrected chi connectivity index (χ2v) is 4.59. The molecule has 17 heavy (non-hydrogen) atoms. The van der Waals surface area contributed by atoms with E-state index < -0.39 is 0 Å². The predicted octanol–water partition coefficient (Wildman–Crippen LogP) is 2.63. The van der Waals surface area contributed by atoms with E-state index in [1.54, 1.807) is 23.7 Å². The number of hydrogen-bond donors (Lipinski definition) is 1. The van der Waals surface area contributed by atoms with Crippen molar-refractivity contribution in [3.8, 4) is 6.07 Å². The third kappa shape index (κ3) is 2.80. The minimum atomic E-state index is 0.321. The topological polar surface area (TPSA) is 61.6 Å². The molecular formula is C12H12N4S. The summed E-state index contributed by atoms with van der Waals surface area (Å²) < 4.78 is 0. The maximum atomic E-state index is 8.90. The number of anilines is 1. The van der Waals surface area contributed by atoms with Gasteiger partial charge in [-0.15, -0.1) is 11.3 Å². The zero-order valence-corrected chi connectivity index (χ0v) is 10.2. The van der Waals surface area contributed by atoms with Gasteiger partial charge in [-0.25, -0.2) is 9.97 Å². The Kier molecular flexibility index (Phi) is 3.68. The molecule has 2 rings (SSSR count). The molecule has 1 N–H and O–H groups in total. The molecular weight excluding hydrogens is 232 g/mol. The van der Waals surface area contributed by atoms with Gasteiger partial charge in [0.05, 0.1) is 10.7 Å². The summed E-state index contributed by atoms with van der Waals surface area (Å²) >= 11 is 1.64. The zero-order valence-electron chi connectivity index (χ0n) is 9.42. The Labute approximate surface area is 104 Å². The third-order valence-electron chi connectivity index (χ3n) is 2.39. The minimum Gasteiger partial charge on any atom is -0.382 e. The van der Waals surface area contributed by atoms with Crippen molar-refractivity contribution in [3.05, 3.63) is 40.6 Å². The van der Waals surface area contributed by atoms with Gasteiger partial charge in [0.2, 0.25) is 0 Å². The molecule has 4 nitrogen and oxygen atoms in total. The van der Waals surface area contributed by atoms with Crippen molar-refractivity contribution in [2.75, 3.05) is 11.9 Å². The van der Waals surface area contributed by atoms with E-state index in [1.165, 1.54) is 0 Å². The monoisotopic (exact) mass is 244 g/mol. The number of nitrogens with zero attached hydrogens (tertiary/aromatic N) is 3. The van der Waals surface area contributed by atoms with Crippen LogP contribution in [-0.4, -0.2) is 16.5 Å². The number of nitriles is 1. The summed E-state index contributed by atoms with van der Waals surface area (Å²) in [6.07, 6.45) is 3.43. The van der Waals surface area contributed by atoms with Crippen LogP contribution < -0.4 is 5.32 Å². The van der Waals surface area contributed by atoms with E-state index in [4.69, 9.17) is 5.26 Å². The van der Waals surface area contributed by atoms with Crippen LogP contribution in [0, 0.1) is 11.3 Å². The summed E-state index contributed by atoms with van der Waals surface area (Å²) in [6.45, 7) is 2.85. The molecule has 0 fully saturated rings. The first kappa shape index (κ1) is 11.6.